The number of carbonyl (C=O) groups excluding carboxylic acids is 1. The topological polar surface area (TPSA) is 79.4 Å². The van der Waals surface area contributed by atoms with E-state index in [-0.39, 0.29) is 5.91 Å². The summed E-state index contributed by atoms with van der Waals surface area (Å²) in [6.07, 6.45) is 4.49. The van der Waals surface area contributed by atoms with Crippen LogP contribution in [0.5, 0.6) is 5.75 Å². The zero-order valence-electron chi connectivity index (χ0n) is 12.0. The third-order valence-electron chi connectivity index (χ3n) is 3.58. The van der Waals surface area contributed by atoms with Crippen LogP contribution in [0.2, 0.25) is 0 Å². The Morgan fingerprint density at radius 1 is 1.50 bits per heavy atom. The molecule has 0 aliphatic heterocycles. The summed E-state index contributed by atoms with van der Waals surface area (Å²) >= 11 is 3.41. The molecule has 0 atom stereocenters. The van der Waals surface area contributed by atoms with E-state index >= 15 is 0 Å². The fraction of sp³-hybridized carbons (Fsp3) is 0.267. The largest absolute Gasteiger partial charge is 0.496 e. The van der Waals surface area contributed by atoms with Gasteiger partial charge in [-0.1, -0.05) is 0 Å². The van der Waals surface area contributed by atoms with E-state index in [1.807, 2.05) is 18.2 Å². The van der Waals surface area contributed by atoms with Crippen LogP contribution in [0.4, 0.5) is 0 Å². The number of nitrogens with one attached hydrogen (secondary N) is 2. The number of H-pyrrole nitrogens is 1. The molecule has 1 heterocycles. The van der Waals surface area contributed by atoms with Crippen molar-refractivity contribution in [2.45, 2.75) is 19.3 Å². The van der Waals surface area contributed by atoms with E-state index in [1.54, 1.807) is 13.3 Å². The Labute approximate surface area is 136 Å². The molecule has 1 aromatic carbocycles. The van der Waals surface area contributed by atoms with Crippen molar-refractivity contribution in [1.82, 2.24) is 15.6 Å². The van der Waals surface area contributed by atoms with Crippen LogP contribution in [0, 0.1) is 0 Å². The van der Waals surface area contributed by atoms with Gasteiger partial charge in [0.05, 0.1) is 17.8 Å². The maximum Gasteiger partial charge on any atom is 0.292 e. The number of benzene rings is 1. The van der Waals surface area contributed by atoms with E-state index in [2.05, 4.69) is 36.7 Å². The number of hydrazone groups is 1. The average molecular weight is 363 g/mol. The number of aromatic nitrogens is 2. The molecule has 0 bridgehead atoms. The van der Waals surface area contributed by atoms with Crippen LogP contribution >= 0.6 is 15.9 Å². The lowest BCUT2D eigenvalue weighted by atomic mass is 10.2. The number of methoxy groups -OCH3 is 1. The molecule has 1 aliphatic rings. The molecule has 0 fully saturated rings. The summed E-state index contributed by atoms with van der Waals surface area (Å²) in [5, 5.41) is 11.0. The summed E-state index contributed by atoms with van der Waals surface area (Å²) in [5.74, 6) is 0.455. The molecule has 2 N–H and O–H groups in total. The standard InChI is InChI=1S/C15H15BrN4O2/c1-22-13-6-5-9(7-11(13)16)8-17-20-15(21)14-10-3-2-4-12(10)18-19-14/h5-8H,2-4H2,1H3,(H,18,19)(H,20,21). The Morgan fingerprint density at radius 2 is 2.36 bits per heavy atom. The average Bonchev–Trinajstić information content (AvgIpc) is 3.10. The van der Waals surface area contributed by atoms with Gasteiger partial charge in [0.25, 0.3) is 5.91 Å². The van der Waals surface area contributed by atoms with Crippen LogP contribution in [0.3, 0.4) is 0 Å². The first-order valence-electron chi connectivity index (χ1n) is 6.92. The van der Waals surface area contributed by atoms with Crippen LogP contribution < -0.4 is 10.2 Å². The summed E-state index contributed by atoms with van der Waals surface area (Å²) in [5.41, 5.74) is 5.88. The van der Waals surface area contributed by atoms with Gasteiger partial charge in [0.1, 0.15) is 5.75 Å². The zero-order chi connectivity index (χ0) is 15.5. The van der Waals surface area contributed by atoms with Gasteiger partial charge < -0.3 is 4.74 Å². The molecule has 1 amide bonds. The Morgan fingerprint density at radius 3 is 3.14 bits per heavy atom. The van der Waals surface area contributed by atoms with Crippen LogP contribution in [0.15, 0.2) is 27.8 Å². The fourth-order valence-corrected chi connectivity index (χ4v) is 3.05. The number of aryl methyl sites for hydroxylation is 1. The molecule has 2 aromatic rings. The van der Waals surface area contributed by atoms with Gasteiger partial charge in [-0.2, -0.15) is 10.2 Å². The van der Waals surface area contributed by atoms with Crippen LogP contribution in [-0.2, 0) is 12.8 Å². The smallest absolute Gasteiger partial charge is 0.292 e. The molecule has 0 radical (unpaired) electrons. The SMILES string of the molecule is COc1ccc(C=NNC(=O)c2n[nH]c3c2CCC3)cc1Br. The Bertz CT molecular complexity index is 739. The van der Waals surface area contributed by atoms with Crippen LogP contribution in [0.1, 0.15) is 33.7 Å². The summed E-state index contributed by atoms with van der Waals surface area (Å²) in [4.78, 5) is 12.1. The van der Waals surface area contributed by atoms with Gasteiger partial charge in [-0.15, -0.1) is 0 Å². The normalized spacial score (nSPS) is 13.4. The number of hydrogen-bond donors (Lipinski definition) is 2. The number of rotatable bonds is 4. The second-order valence-electron chi connectivity index (χ2n) is 4.98. The molecule has 0 spiro atoms. The lowest BCUT2D eigenvalue weighted by molar-refractivity contribution is 0.0949. The second-order valence-corrected chi connectivity index (χ2v) is 5.83. The number of ether oxygens (including phenoxy) is 1. The fourth-order valence-electron chi connectivity index (χ4n) is 2.49. The van der Waals surface area contributed by atoms with Crippen molar-refractivity contribution in [3.05, 3.63) is 45.2 Å². The summed E-state index contributed by atoms with van der Waals surface area (Å²) < 4.78 is 5.99. The number of halogens is 1. The van der Waals surface area contributed by atoms with Crippen molar-refractivity contribution in [3.8, 4) is 5.75 Å². The summed E-state index contributed by atoms with van der Waals surface area (Å²) in [6, 6.07) is 5.54. The Hall–Kier alpha value is -2.15. The third kappa shape index (κ3) is 2.89. The molecular weight excluding hydrogens is 348 g/mol. The van der Waals surface area contributed by atoms with Gasteiger partial charge in [0.2, 0.25) is 0 Å². The molecule has 114 valence electrons. The molecule has 7 heteroatoms. The lowest BCUT2D eigenvalue weighted by Gasteiger charge is -2.03. The first kappa shape index (κ1) is 14.8. The number of hydrogen-bond acceptors (Lipinski definition) is 4. The Balaban J connectivity index is 1.66. The van der Waals surface area contributed by atoms with Crippen molar-refractivity contribution in [3.63, 3.8) is 0 Å². The van der Waals surface area contributed by atoms with E-state index in [1.165, 1.54) is 0 Å². The van der Waals surface area contributed by atoms with Crippen molar-refractivity contribution in [2.24, 2.45) is 5.10 Å². The van der Waals surface area contributed by atoms with E-state index in [0.29, 0.717) is 5.69 Å². The maximum absolute atomic E-state index is 12.1. The highest BCUT2D eigenvalue weighted by Gasteiger charge is 2.22. The molecule has 0 saturated heterocycles. The minimum Gasteiger partial charge on any atom is -0.496 e. The minimum absolute atomic E-state index is 0.289. The molecule has 3 rings (SSSR count). The molecule has 6 nitrogen and oxygen atoms in total. The van der Waals surface area contributed by atoms with Gasteiger partial charge in [0, 0.05) is 11.3 Å². The molecule has 1 aliphatic carbocycles. The molecule has 0 saturated carbocycles. The third-order valence-corrected chi connectivity index (χ3v) is 4.20. The second kappa shape index (κ2) is 6.31. The van der Waals surface area contributed by atoms with Crippen LogP contribution in [-0.4, -0.2) is 29.4 Å². The number of nitrogens with zero attached hydrogens (tertiary/aromatic N) is 2. The number of amides is 1. The first-order chi connectivity index (χ1) is 10.7. The predicted octanol–water partition coefficient (Wildman–Crippen LogP) is 2.43. The minimum atomic E-state index is -0.289. The van der Waals surface area contributed by atoms with Gasteiger partial charge in [0.15, 0.2) is 5.69 Å². The highest BCUT2D eigenvalue weighted by atomic mass is 79.9. The van der Waals surface area contributed by atoms with Gasteiger partial charge in [-0.25, -0.2) is 5.43 Å². The number of carbonyl (C=O) groups is 1. The monoisotopic (exact) mass is 362 g/mol. The number of aromatic amines is 1. The van der Waals surface area contributed by atoms with Gasteiger partial charge in [-0.3, -0.25) is 9.89 Å². The zero-order valence-corrected chi connectivity index (χ0v) is 13.6. The van der Waals surface area contributed by atoms with Gasteiger partial charge >= 0.3 is 0 Å². The molecule has 0 unspecified atom stereocenters. The highest BCUT2D eigenvalue weighted by Crippen LogP contribution is 2.25. The van der Waals surface area contributed by atoms with Crippen LogP contribution in [0.25, 0.3) is 0 Å². The van der Waals surface area contributed by atoms with E-state index < -0.39 is 0 Å². The van der Waals surface area contributed by atoms with Crippen molar-refractivity contribution >= 4 is 28.1 Å². The Kier molecular flexibility index (Phi) is 4.24. The maximum atomic E-state index is 12.1. The summed E-state index contributed by atoms with van der Waals surface area (Å²) in [7, 11) is 1.61. The lowest BCUT2D eigenvalue weighted by Crippen LogP contribution is -2.19. The quantitative estimate of drug-likeness (QED) is 0.647. The van der Waals surface area contributed by atoms with E-state index in [4.69, 9.17) is 4.74 Å². The van der Waals surface area contributed by atoms with E-state index in [9.17, 15) is 4.79 Å². The van der Waals surface area contributed by atoms with Crippen molar-refractivity contribution < 1.29 is 9.53 Å². The summed E-state index contributed by atoms with van der Waals surface area (Å²) in [6.45, 7) is 0. The van der Waals surface area contributed by atoms with Crippen molar-refractivity contribution in [2.75, 3.05) is 7.11 Å². The highest BCUT2D eigenvalue weighted by molar-refractivity contribution is 9.10. The molecular formula is C15H15BrN4O2. The van der Waals surface area contributed by atoms with E-state index in [0.717, 1.165) is 46.3 Å². The predicted molar refractivity (Wildman–Crippen MR) is 86.4 cm³/mol. The van der Waals surface area contributed by atoms with Gasteiger partial charge in [-0.05, 0) is 59.0 Å². The number of fused-ring (bicyclic) bond motifs is 1. The molecule has 1 aromatic heterocycles. The molecule has 22 heavy (non-hydrogen) atoms. The van der Waals surface area contributed by atoms with Crippen molar-refractivity contribution in [1.29, 1.82) is 0 Å². The first-order valence-corrected chi connectivity index (χ1v) is 7.71.